The van der Waals surface area contributed by atoms with Gasteiger partial charge in [0.15, 0.2) is 0 Å². The predicted molar refractivity (Wildman–Crippen MR) is 95.1 cm³/mol. The summed E-state index contributed by atoms with van der Waals surface area (Å²) in [6, 6.07) is 14.9. The van der Waals surface area contributed by atoms with Crippen LogP contribution in [0.25, 0.3) is 5.57 Å². The molecular weight excluding hydrogens is 302 g/mol. The highest BCUT2D eigenvalue weighted by molar-refractivity contribution is 5.67. The molecule has 2 aromatic carbocycles. The number of aliphatic hydroxyl groups is 1. The Bertz CT molecular complexity index is 709. The maximum absolute atomic E-state index is 10.5. The molecule has 1 heterocycles. The maximum Gasteiger partial charge on any atom is 0.119 e. The second-order valence-corrected chi connectivity index (χ2v) is 6.08. The summed E-state index contributed by atoms with van der Waals surface area (Å²) >= 11 is 0. The molecule has 0 saturated carbocycles. The van der Waals surface area contributed by atoms with Gasteiger partial charge in [0, 0.05) is 19.6 Å². The largest absolute Gasteiger partial charge is 0.508 e. The highest BCUT2D eigenvalue weighted by Crippen LogP contribution is 2.26. The SMILES string of the molecule is COc1cccc([C@H](O)CN2CC=C(c3ccc(O)cc3)CC2)c1. The van der Waals surface area contributed by atoms with Crippen LogP contribution in [0.3, 0.4) is 0 Å². The van der Waals surface area contributed by atoms with E-state index in [4.69, 9.17) is 4.74 Å². The first-order valence-corrected chi connectivity index (χ1v) is 8.18. The Kier molecular flexibility index (Phi) is 5.18. The Balaban J connectivity index is 1.60. The minimum absolute atomic E-state index is 0.290. The Morgan fingerprint density at radius 3 is 2.62 bits per heavy atom. The summed E-state index contributed by atoms with van der Waals surface area (Å²) < 4.78 is 5.21. The van der Waals surface area contributed by atoms with E-state index in [0.717, 1.165) is 36.4 Å². The highest BCUT2D eigenvalue weighted by Gasteiger charge is 2.17. The molecule has 0 aliphatic carbocycles. The van der Waals surface area contributed by atoms with Crippen LogP contribution in [0.15, 0.2) is 54.6 Å². The third-order valence-electron chi connectivity index (χ3n) is 4.44. The van der Waals surface area contributed by atoms with Crippen molar-refractivity contribution in [3.05, 3.63) is 65.7 Å². The Hall–Kier alpha value is -2.30. The molecule has 1 aliphatic rings. The van der Waals surface area contributed by atoms with E-state index in [9.17, 15) is 10.2 Å². The molecule has 2 aromatic rings. The van der Waals surface area contributed by atoms with E-state index in [1.807, 2.05) is 36.4 Å². The molecule has 3 rings (SSSR count). The summed E-state index contributed by atoms with van der Waals surface area (Å²) in [5, 5.41) is 19.8. The lowest BCUT2D eigenvalue weighted by molar-refractivity contribution is 0.119. The minimum Gasteiger partial charge on any atom is -0.508 e. The van der Waals surface area contributed by atoms with Gasteiger partial charge in [0.1, 0.15) is 11.5 Å². The van der Waals surface area contributed by atoms with Gasteiger partial charge in [0.05, 0.1) is 13.2 Å². The monoisotopic (exact) mass is 325 g/mol. The Morgan fingerprint density at radius 1 is 1.17 bits per heavy atom. The standard InChI is InChI=1S/C20H23NO3/c1-24-19-4-2-3-17(13-19)20(23)14-21-11-9-16(10-12-21)15-5-7-18(22)8-6-15/h2-9,13,20,22-23H,10-12,14H2,1H3/t20-/m1/s1. The molecule has 126 valence electrons. The van der Waals surface area contributed by atoms with Crippen molar-refractivity contribution in [1.82, 2.24) is 4.90 Å². The van der Waals surface area contributed by atoms with Crippen LogP contribution in [-0.4, -0.2) is 41.9 Å². The second kappa shape index (κ2) is 7.51. The van der Waals surface area contributed by atoms with Gasteiger partial charge in [-0.3, -0.25) is 4.90 Å². The van der Waals surface area contributed by atoms with Crippen LogP contribution in [0.5, 0.6) is 11.5 Å². The average molecular weight is 325 g/mol. The van der Waals surface area contributed by atoms with Crippen LogP contribution in [0.4, 0.5) is 0 Å². The van der Waals surface area contributed by atoms with Crippen LogP contribution in [0, 0.1) is 0 Å². The van der Waals surface area contributed by atoms with E-state index >= 15 is 0 Å². The zero-order chi connectivity index (χ0) is 16.9. The smallest absolute Gasteiger partial charge is 0.119 e. The van der Waals surface area contributed by atoms with E-state index in [2.05, 4.69) is 11.0 Å². The molecule has 0 bridgehead atoms. The highest BCUT2D eigenvalue weighted by atomic mass is 16.5. The van der Waals surface area contributed by atoms with Crippen molar-refractivity contribution >= 4 is 5.57 Å². The minimum atomic E-state index is -0.524. The predicted octanol–water partition coefficient (Wildman–Crippen LogP) is 3.22. The van der Waals surface area contributed by atoms with Gasteiger partial charge >= 0.3 is 0 Å². The number of benzene rings is 2. The lowest BCUT2D eigenvalue weighted by Crippen LogP contribution is -2.32. The zero-order valence-electron chi connectivity index (χ0n) is 13.9. The average Bonchev–Trinajstić information content (AvgIpc) is 2.63. The number of methoxy groups -OCH3 is 1. The molecule has 4 nitrogen and oxygen atoms in total. The number of hydrogen-bond acceptors (Lipinski definition) is 4. The Labute approximate surface area is 142 Å². The number of aliphatic hydroxyl groups excluding tert-OH is 1. The van der Waals surface area contributed by atoms with E-state index in [0.29, 0.717) is 6.54 Å². The van der Waals surface area contributed by atoms with Crippen LogP contribution in [0.2, 0.25) is 0 Å². The molecule has 1 atom stereocenters. The van der Waals surface area contributed by atoms with Gasteiger partial charge < -0.3 is 14.9 Å². The molecule has 0 radical (unpaired) electrons. The summed E-state index contributed by atoms with van der Waals surface area (Å²) in [6.45, 7) is 2.33. The summed E-state index contributed by atoms with van der Waals surface area (Å²) in [5.41, 5.74) is 3.32. The third-order valence-corrected chi connectivity index (χ3v) is 4.44. The van der Waals surface area contributed by atoms with Crippen molar-refractivity contribution in [3.8, 4) is 11.5 Å². The molecule has 2 N–H and O–H groups in total. The molecule has 4 heteroatoms. The number of hydrogen-bond donors (Lipinski definition) is 2. The fourth-order valence-electron chi connectivity index (χ4n) is 3.01. The number of β-amino-alcohol motifs (C(OH)–C–C–N with tert-alkyl or cyclic N) is 1. The summed E-state index contributed by atoms with van der Waals surface area (Å²) in [5.74, 6) is 1.05. The van der Waals surface area contributed by atoms with Gasteiger partial charge in [0.2, 0.25) is 0 Å². The van der Waals surface area contributed by atoms with Crippen molar-refractivity contribution in [2.24, 2.45) is 0 Å². The normalized spacial score (nSPS) is 16.5. The first kappa shape index (κ1) is 16.6. The number of phenols is 1. The fourth-order valence-corrected chi connectivity index (χ4v) is 3.01. The topological polar surface area (TPSA) is 52.9 Å². The summed E-state index contributed by atoms with van der Waals surface area (Å²) in [6.07, 6.45) is 2.62. The number of phenolic OH excluding ortho intramolecular Hbond substituents is 1. The number of nitrogens with zero attached hydrogens (tertiary/aromatic N) is 1. The first-order chi connectivity index (χ1) is 11.7. The van der Waals surface area contributed by atoms with E-state index < -0.39 is 6.10 Å². The van der Waals surface area contributed by atoms with Crippen molar-refractivity contribution in [1.29, 1.82) is 0 Å². The lowest BCUT2D eigenvalue weighted by atomic mass is 9.99. The van der Waals surface area contributed by atoms with Gasteiger partial charge in [-0.25, -0.2) is 0 Å². The number of ether oxygens (including phenoxy) is 1. The molecule has 24 heavy (non-hydrogen) atoms. The first-order valence-electron chi connectivity index (χ1n) is 8.18. The van der Waals surface area contributed by atoms with Gasteiger partial charge in [-0.1, -0.05) is 30.3 Å². The van der Waals surface area contributed by atoms with Crippen LogP contribution < -0.4 is 4.74 Å². The van der Waals surface area contributed by atoms with E-state index in [-0.39, 0.29) is 5.75 Å². The van der Waals surface area contributed by atoms with Gasteiger partial charge in [0.25, 0.3) is 0 Å². The second-order valence-electron chi connectivity index (χ2n) is 6.08. The molecule has 1 aliphatic heterocycles. The molecule has 0 fully saturated rings. The third kappa shape index (κ3) is 3.96. The molecule has 0 saturated heterocycles. The van der Waals surface area contributed by atoms with Gasteiger partial charge in [-0.15, -0.1) is 0 Å². The molecular formula is C20H23NO3. The zero-order valence-corrected chi connectivity index (χ0v) is 13.9. The number of rotatable bonds is 5. The van der Waals surface area contributed by atoms with Crippen molar-refractivity contribution < 1.29 is 14.9 Å². The maximum atomic E-state index is 10.5. The van der Waals surface area contributed by atoms with Crippen molar-refractivity contribution in [3.63, 3.8) is 0 Å². The lowest BCUT2D eigenvalue weighted by Gasteiger charge is -2.28. The quantitative estimate of drug-likeness (QED) is 0.886. The number of aromatic hydroxyl groups is 1. The van der Waals surface area contributed by atoms with E-state index in [1.165, 1.54) is 5.57 Å². The summed E-state index contributed by atoms with van der Waals surface area (Å²) in [4.78, 5) is 2.24. The van der Waals surface area contributed by atoms with Crippen molar-refractivity contribution in [2.45, 2.75) is 12.5 Å². The van der Waals surface area contributed by atoms with Crippen molar-refractivity contribution in [2.75, 3.05) is 26.7 Å². The molecule has 0 spiro atoms. The van der Waals surface area contributed by atoms with Gasteiger partial charge in [-0.05, 0) is 47.4 Å². The fraction of sp³-hybridized carbons (Fsp3) is 0.300. The van der Waals surface area contributed by atoms with Crippen LogP contribution >= 0.6 is 0 Å². The molecule has 0 aromatic heterocycles. The molecule has 0 unspecified atom stereocenters. The summed E-state index contributed by atoms with van der Waals surface area (Å²) in [7, 11) is 1.63. The Morgan fingerprint density at radius 2 is 1.96 bits per heavy atom. The van der Waals surface area contributed by atoms with Crippen LogP contribution in [0.1, 0.15) is 23.7 Å². The van der Waals surface area contributed by atoms with Gasteiger partial charge in [-0.2, -0.15) is 0 Å². The molecule has 0 amide bonds. The van der Waals surface area contributed by atoms with E-state index in [1.54, 1.807) is 19.2 Å². The van der Waals surface area contributed by atoms with Crippen LogP contribution in [-0.2, 0) is 0 Å².